The molecule has 0 spiro atoms. The van der Waals surface area contributed by atoms with Gasteiger partial charge in [0.2, 0.25) is 6.29 Å². The first kappa shape index (κ1) is 30.5. The second-order valence-corrected chi connectivity index (χ2v) is 9.07. The summed E-state index contributed by atoms with van der Waals surface area (Å²) >= 11 is 0. The summed E-state index contributed by atoms with van der Waals surface area (Å²) in [7, 11) is 0. The molecule has 0 aliphatic carbocycles. The number of unbranched alkanes of at least 4 members (excludes halogenated alkanes) is 8. The van der Waals surface area contributed by atoms with E-state index in [0.717, 1.165) is 43.5 Å². The molecular formula is C27H35NO10. The maximum absolute atomic E-state index is 12.6. The highest BCUT2D eigenvalue weighted by Crippen LogP contribution is 2.21. The minimum atomic E-state index is -1.64. The number of aliphatic hydroxyl groups is 1. The van der Waals surface area contributed by atoms with Gasteiger partial charge in [0.05, 0.1) is 17.7 Å². The van der Waals surface area contributed by atoms with E-state index < -0.39 is 53.3 Å². The van der Waals surface area contributed by atoms with Gasteiger partial charge in [-0.3, -0.25) is 9.59 Å². The zero-order chi connectivity index (χ0) is 28.1. The largest absolute Gasteiger partial charge is 0.478 e. The van der Waals surface area contributed by atoms with Crippen LogP contribution >= 0.6 is 0 Å². The summed E-state index contributed by atoms with van der Waals surface area (Å²) in [6.07, 6.45) is 7.89. The van der Waals surface area contributed by atoms with E-state index in [0.29, 0.717) is 6.42 Å². The Morgan fingerprint density at radius 2 is 1.55 bits per heavy atom. The maximum atomic E-state index is 12.6. The molecule has 0 bridgehead atoms. The molecule has 11 heteroatoms. The smallest absolute Gasteiger partial charge is 0.336 e. The van der Waals surface area contributed by atoms with E-state index in [1.54, 1.807) is 0 Å². The van der Waals surface area contributed by atoms with Gasteiger partial charge < -0.3 is 30.1 Å². The number of carbonyl (C=O) groups excluding carboxylic acids is 3. The van der Waals surface area contributed by atoms with Crippen molar-refractivity contribution in [2.45, 2.75) is 83.5 Å². The Hall–Kier alpha value is -3.73. The normalized spacial score (nSPS) is 15.4. The predicted molar refractivity (Wildman–Crippen MR) is 135 cm³/mol. The van der Waals surface area contributed by atoms with Crippen molar-refractivity contribution in [2.75, 3.05) is 6.54 Å². The van der Waals surface area contributed by atoms with E-state index in [4.69, 9.17) is 9.84 Å². The second kappa shape index (κ2) is 15.5. The zero-order valence-corrected chi connectivity index (χ0v) is 21.4. The highest BCUT2D eigenvalue weighted by molar-refractivity contribution is 6.04. The van der Waals surface area contributed by atoms with E-state index in [1.165, 1.54) is 32.1 Å². The number of nitrogens with one attached hydrogen (secondary N) is 1. The topological polar surface area (TPSA) is 177 Å². The van der Waals surface area contributed by atoms with Crippen molar-refractivity contribution in [1.82, 2.24) is 5.32 Å². The summed E-state index contributed by atoms with van der Waals surface area (Å²) in [5.74, 6) is -5.15. The molecule has 0 radical (unpaired) electrons. The van der Waals surface area contributed by atoms with Gasteiger partial charge in [0.25, 0.3) is 5.91 Å². The summed E-state index contributed by atoms with van der Waals surface area (Å²) in [5.41, 5.74) is -1.22. The van der Waals surface area contributed by atoms with E-state index in [-0.39, 0.29) is 24.1 Å². The number of ether oxygens (including phenoxy) is 2. The van der Waals surface area contributed by atoms with Crippen LogP contribution in [0.3, 0.4) is 0 Å². The first-order valence-electron chi connectivity index (χ1n) is 12.8. The molecule has 1 aliphatic rings. The van der Waals surface area contributed by atoms with Crippen LogP contribution in [0.4, 0.5) is 0 Å². The number of hydrogen-bond donors (Lipinski definition) is 4. The van der Waals surface area contributed by atoms with Crippen LogP contribution in [0.2, 0.25) is 0 Å². The van der Waals surface area contributed by atoms with Gasteiger partial charge in [-0.2, -0.15) is 0 Å². The van der Waals surface area contributed by atoms with E-state index in [2.05, 4.69) is 17.0 Å². The molecule has 2 atom stereocenters. The molecule has 2 unspecified atom stereocenters. The number of hydrogen-bond acceptors (Lipinski definition) is 8. The number of carbonyl (C=O) groups is 5. The number of benzene rings is 1. The molecule has 1 aliphatic heterocycles. The van der Waals surface area contributed by atoms with Crippen molar-refractivity contribution in [1.29, 1.82) is 0 Å². The summed E-state index contributed by atoms with van der Waals surface area (Å²) in [6, 6.07) is 3.06. The van der Waals surface area contributed by atoms with Crippen LogP contribution in [0.5, 0.6) is 0 Å². The number of aromatic carboxylic acids is 2. The lowest BCUT2D eigenvalue weighted by Crippen LogP contribution is -2.38. The number of esters is 2. The lowest BCUT2D eigenvalue weighted by atomic mass is 10.0. The van der Waals surface area contributed by atoms with Gasteiger partial charge >= 0.3 is 23.9 Å². The third-order valence-corrected chi connectivity index (χ3v) is 6.12. The fraction of sp³-hybridized carbons (Fsp3) is 0.519. The molecule has 0 fully saturated rings. The molecule has 2 rings (SSSR count). The standard InChI is InChI=1S/C27H35NO10/c1-2-3-4-5-6-7-8-9-10-11-22(29)37-21(20-15-23(30)38-27(20)36)16-28-24(31)17-12-13-18(25(32)33)19(14-17)26(34)35/h12-15,21,27,36H,2-11,16H2,1H3,(H,28,31)(H,32,33)(H,34,35). The van der Waals surface area contributed by atoms with E-state index >= 15 is 0 Å². The SMILES string of the molecule is CCCCCCCCCCCC(=O)OC(CNC(=O)c1ccc(C(=O)O)c(C(=O)O)c1)C1=CC(=O)OC1O. The van der Waals surface area contributed by atoms with Crippen LogP contribution in [-0.4, -0.2) is 64.0 Å². The minimum Gasteiger partial charge on any atom is -0.478 e. The summed E-state index contributed by atoms with van der Waals surface area (Å²) in [5, 5.41) is 30.9. The third kappa shape index (κ3) is 9.62. The van der Waals surface area contributed by atoms with Gasteiger partial charge in [0.1, 0.15) is 6.10 Å². The number of rotatable bonds is 17. The Labute approximate surface area is 220 Å². The molecule has 0 saturated carbocycles. The molecule has 0 saturated heterocycles. The molecular weight excluding hydrogens is 498 g/mol. The zero-order valence-electron chi connectivity index (χ0n) is 21.4. The Morgan fingerprint density at radius 1 is 0.947 bits per heavy atom. The number of carboxylic acid groups (broad SMARTS) is 2. The quantitative estimate of drug-likeness (QED) is 0.171. The molecule has 38 heavy (non-hydrogen) atoms. The monoisotopic (exact) mass is 533 g/mol. The molecule has 1 aromatic rings. The van der Waals surface area contributed by atoms with E-state index in [1.807, 2.05) is 0 Å². The fourth-order valence-electron chi connectivity index (χ4n) is 4.03. The van der Waals surface area contributed by atoms with Gasteiger partial charge in [0, 0.05) is 23.6 Å². The summed E-state index contributed by atoms with van der Waals surface area (Å²) < 4.78 is 10.1. The van der Waals surface area contributed by atoms with Crippen molar-refractivity contribution < 1.29 is 48.8 Å². The van der Waals surface area contributed by atoms with Crippen molar-refractivity contribution in [3.63, 3.8) is 0 Å². The number of carboxylic acids is 2. The first-order chi connectivity index (χ1) is 18.1. The number of amides is 1. The molecule has 208 valence electrons. The predicted octanol–water partition coefficient (Wildman–Crippen LogP) is 3.45. The van der Waals surface area contributed by atoms with Crippen molar-refractivity contribution in [3.05, 3.63) is 46.5 Å². The van der Waals surface area contributed by atoms with Crippen LogP contribution in [0, 0.1) is 0 Å². The van der Waals surface area contributed by atoms with Crippen molar-refractivity contribution in [3.8, 4) is 0 Å². The maximum Gasteiger partial charge on any atom is 0.336 e. The first-order valence-corrected chi connectivity index (χ1v) is 12.8. The minimum absolute atomic E-state index is 0.0387. The highest BCUT2D eigenvalue weighted by Gasteiger charge is 2.33. The molecule has 1 aromatic carbocycles. The molecule has 4 N–H and O–H groups in total. The van der Waals surface area contributed by atoms with Gasteiger partial charge in [-0.15, -0.1) is 0 Å². The van der Waals surface area contributed by atoms with Gasteiger partial charge in [0.15, 0.2) is 0 Å². The Balaban J connectivity index is 1.94. The third-order valence-electron chi connectivity index (χ3n) is 6.12. The Morgan fingerprint density at radius 3 is 2.11 bits per heavy atom. The molecule has 11 nitrogen and oxygen atoms in total. The molecule has 0 aromatic heterocycles. The van der Waals surface area contributed by atoms with Crippen molar-refractivity contribution >= 4 is 29.8 Å². The Kier molecular flexibility index (Phi) is 12.4. The van der Waals surface area contributed by atoms with E-state index in [9.17, 15) is 34.2 Å². The van der Waals surface area contributed by atoms with Crippen LogP contribution in [0.15, 0.2) is 29.8 Å². The number of cyclic esters (lactones) is 1. The van der Waals surface area contributed by atoms with Crippen molar-refractivity contribution in [2.24, 2.45) is 0 Å². The average molecular weight is 534 g/mol. The van der Waals surface area contributed by atoms with Crippen LogP contribution < -0.4 is 5.32 Å². The van der Waals surface area contributed by atoms with Gasteiger partial charge in [-0.1, -0.05) is 58.3 Å². The average Bonchev–Trinajstić information content (AvgIpc) is 3.22. The lowest BCUT2D eigenvalue weighted by molar-refractivity contribution is -0.154. The van der Waals surface area contributed by atoms with Crippen LogP contribution in [0.25, 0.3) is 0 Å². The highest BCUT2D eigenvalue weighted by atomic mass is 16.6. The number of aliphatic hydroxyl groups excluding tert-OH is 1. The van der Waals surface area contributed by atoms with Gasteiger partial charge in [-0.25, -0.2) is 14.4 Å². The van der Waals surface area contributed by atoms with Gasteiger partial charge in [-0.05, 0) is 24.6 Å². The summed E-state index contributed by atoms with van der Waals surface area (Å²) in [6.45, 7) is 1.83. The lowest BCUT2D eigenvalue weighted by Gasteiger charge is -2.21. The Bertz CT molecular complexity index is 1050. The summed E-state index contributed by atoms with van der Waals surface area (Å²) in [4.78, 5) is 59.3. The van der Waals surface area contributed by atoms with Crippen LogP contribution in [0.1, 0.15) is 102 Å². The molecule has 1 amide bonds. The molecule has 1 heterocycles. The fourth-order valence-corrected chi connectivity index (χ4v) is 4.03. The van der Waals surface area contributed by atoms with Crippen LogP contribution in [-0.2, 0) is 19.1 Å². The second-order valence-electron chi connectivity index (χ2n) is 9.07.